The standard InChI is InChI=1S/C18H25N3O2S/c1-19-10-16(22)21(15-6-9-24-11-15)13-18(19)7-8-20(12-18)17(23)14-4-2-3-5-14/h6,9,11,14H,2-5,7-8,10,12-13H2,1H3/t18-/m0/s1. The molecule has 1 saturated carbocycles. The normalized spacial score (nSPS) is 29.1. The van der Waals surface area contributed by atoms with Crippen molar-refractivity contribution in [3.8, 4) is 0 Å². The number of carbonyl (C=O) groups excluding carboxylic acids is 2. The van der Waals surface area contributed by atoms with E-state index in [-0.39, 0.29) is 17.4 Å². The van der Waals surface area contributed by atoms with Crippen molar-refractivity contribution in [2.24, 2.45) is 5.92 Å². The fourth-order valence-electron chi connectivity index (χ4n) is 4.52. The fraction of sp³-hybridized carbons (Fsp3) is 0.667. The van der Waals surface area contributed by atoms with E-state index in [0.717, 1.165) is 38.0 Å². The molecule has 2 saturated heterocycles. The highest BCUT2D eigenvalue weighted by atomic mass is 32.1. The third-order valence-corrected chi connectivity index (χ3v) is 6.77. The maximum atomic E-state index is 12.8. The smallest absolute Gasteiger partial charge is 0.241 e. The van der Waals surface area contributed by atoms with Gasteiger partial charge in [-0.1, -0.05) is 12.8 Å². The van der Waals surface area contributed by atoms with Crippen molar-refractivity contribution in [2.45, 2.75) is 37.6 Å². The summed E-state index contributed by atoms with van der Waals surface area (Å²) in [5, 5.41) is 4.05. The summed E-state index contributed by atoms with van der Waals surface area (Å²) >= 11 is 1.62. The summed E-state index contributed by atoms with van der Waals surface area (Å²) in [7, 11) is 2.03. The number of thiophene rings is 1. The van der Waals surface area contributed by atoms with Gasteiger partial charge in [-0.15, -0.1) is 0 Å². The first-order valence-electron chi connectivity index (χ1n) is 8.92. The van der Waals surface area contributed by atoms with Gasteiger partial charge in [0.1, 0.15) is 0 Å². The summed E-state index contributed by atoms with van der Waals surface area (Å²) < 4.78 is 0. The van der Waals surface area contributed by atoms with Crippen LogP contribution in [0.25, 0.3) is 0 Å². The van der Waals surface area contributed by atoms with Gasteiger partial charge in [-0.25, -0.2) is 0 Å². The van der Waals surface area contributed by atoms with Crippen molar-refractivity contribution in [3.05, 3.63) is 16.8 Å². The van der Waals surface area contributed by atoms with Crippen LogP contribution >= 0.6 is 11.3 Å². The number of amides is 2. The van der Waals surface area contributed by atoms with E-state index in [0.29, 0.717) is 19.0 Å². The lowest BCUT2D eigenvalue weighted by Gasteiger charge is -2.46. The predicted octanol–water partition coefficient (Wildman–Crippen LogP) is 2.19. The largest absolute Gasteiger partial charge is 0.340 e. The molecule has 3 heterocycles. The number of nitrogens with zero attached hydrogens (tertiary/aromatic N) is 3. The van der Waals surface area contributed by atoms with Crippen LogP contribution in [0.1, 0.15) is 32.1 Å². The van der Waals surface area contributed by atoms with Crippen LogP contribution < -0.4 is 4.90 Å². The Kier molecular flexibility index (Phi) is 4.12. The number of piperazine rings is 1. The van der Waals surface area contributed by atoms with Gasteiger partial charge in [0.15, 0.2) is 0 Å². The number of anilines is 1. The van der Waals surface area contributed by atoms with Gasteiger partial charge in [0.05, 0.1) is 17.8 Å². The molecule has 0 aromatic carbocycles. The maximum Gasteiger partial charge on any atom is 0.241 e. The number of likely N-dealkylation sites (N-methyl/N-ethyl adjacent to an activating group) is 1. The maximum absolute atomic E-state index is 12.8. The van der Waals surface area contributed by atoms with E-state index in [1.54, 1.807) is 11.3 Å². The Labute approximate surface area is 147 Å². The van der Waals surface area contributed by atoms with E-state index in [4.69, 9.17) is 0 Å². The average Bonchev–Trinajstić information content (AvgIpc) is 3.32. The van der Waals surface area contributed by atoms with Crippen LogP contribution in [-0.4, -0.2) is 60.4 Å². The third-order valence-electron chi connectivity index (χ3n) is 6.10. The topological polar surface area (TPSA) is 43.9 Å². The van der Waals surface area contributed by atoms with Crippen molar-refractivity contribution in [3.63, 3.8) is 0 Å². The zero-order valence-corrected chi connectivity index (χ0v) is 15.1. The molecule has 2 amide bonds. The highest BCUT2D eigenvalue weighted by molar-refractivity contribution is 7.08. The third kappa shape index (κ3) is 2.65. The van der Waals surface area contributed by atoms with Crippen molar-refractivity contribution >= 4 is 28.8 Å². The van der Waals surface area contributed by atoms with E-state index >= 15 is 0 Å². The fourth-order valence-corrected chi connectivity index (χ4v) is 5.16. The molecule has 0 radical (unpaired) electrons. The van der Waals surface area contributed by atoms with Crippen LogP contribution in [0.5, 0.6) is 0 Å². The van der Waals surface area contributed by atoms with Crippen molar-refractivity contribution in [1.82, 2.24) is 9.80 Å². The summed E-state index contributed by atoms with van der Waals surface area (Å²) in [5.41, 5.74) is 0.905. The van der Waals surface area contributed by atoms with Crippen molar-refractivity contribution in [1.29, 1.82) is 0 Å². The van der Waals surface area contributed by atoms with Gasteiger partial charge >= 0.3 is 0 Å². The number of hydrogen-bond donors (Lipinski definition) is 0. The Morgan fingerprint density at radius 3 is 2.79 bits per heavy atom. The van der Waals surface area contributed by atoms with Crippen molar-refractivity contribution < 1.29 is 9.59 Å². The molecular formula is C18H25N3O2S. The van der Waals surface area contributed by atoms with E-state index in [9.17, 15) is 9.59 Å². The zero-order chi connectivity index (χ0) is 16.7. The van der Waals surface area contributed by atoms with E-state index in [1.165, 1.54) is 12.8 Å². The van der Waals surface area contributed by atoms with Gasteiger partial charge < -0.3 is 9.80 Å². The van der Waals surface area contributed by atoms with Crippen LogP contribution in [0.3, 0.4) is 0 Å². The SMILES string of the molecule is CN1CC(=O)N(c2ccsc2)C[C@@]12CCN(C(=O)C1CCCC1)C2. The van der Waals surface area contributed by atoms with Gasteiger partial charge in [0.2, 0.25) is 11.8 Å². The van der Waals surface area contributed by atoms with Crippen molar-refractivity contribution in [2.75, 3.05) is 38.1 Å². The zero-order valence-electron chi connectivity index (χ0n) is 14.2. The number of likely N-dealkylation sites (tertiary alicyclic amines) is 1. The Balaban J connectivity index is 1.51. The van der Waals surface area contributed by atoms with Crippen LogP contribution in [0.2, 0.25) is 0 Å². The molecule has 1 aromatic rings. The summed E-state index contributed by atoms with van der Waals surface area (Å²) in [6, 6.07) is 2.01. The molecule has 5 nitrogen and oxygen atoms in total. The quantitative estimate of drug-likeness (QED) is 0.824. The van der Waals surface area contributed by atoms with Gasteiger partial charge in [0.25, 0.3) is 0 Å². The molecule has 6 heteroatoms. The molecule has 1 aliphatic carbocycles. The first-order chi connectivity index (χ1) is 11.6. The monoisotopic (exact) mass is 347 g/mol. The molecule has 4 rings (SSSR count). The van der Waals surface area contributed by atoms with Crippen LogP contribution in [0, 0.1) is 5.92 Å². The van der Waals surface area contributed by atoms with Gasteiger partial charge in [0, 0.05) is 30.9 Å². The molecule has 0 unspecified atom stereocenters. The van der Waals surface area contributed by atoms with Crippen LogP contribution in [0.15, 0.2) is 16.8 Å². The Morgan fingerprint density at radius 2 is 2.08 bits per heavy atom. The molecule has 3 aliphatic rings. The second-order valence-corrected chi connectivity index (χ2v) is 8.31. The summed E-state index contributed by atoms with van der Waals surface area (Å²) in [4.78, 5) is 31.4. The lowest BCUT2D eigenvalue weighted by molar-refractivity contribution is -0.134. The van der Waals surface area contributed by atoms with Gasteiger partial charge in [-0.05, 0) is 37.8 Å². The summed E-state index contributed by atoms with van der Waals surface area (Å²) in [5.74, 6) is 0.738. The first-order valence-corrected chi connectivity index (χ1v) is 9.86. The summed E-state index contributed by atoms with van der Waals surface area (Å²) in [6.07, 6.45) is 5.44. The van der Waals surface area contributed by atoms with E-state index in [1.807, 2.05) is 28.8 Å². The molecule has 2 aliphatic heterocycles. The molecule has 130 valence electrons. The highest BCUT2D eigenvalue weighted by Gasteiger charge is 2.49. The number of hydrogen-bond acceptors (Lipinski definition) is 4. The Morgan fingerprint density at radius 1 is 1.29 bits per heavy atom. The summed E-state index contributed by atoms with van der Waals surface area (Å²) in [6.45, 7) is 2.70. The highest BCUT2D eigenvalue weighted by Crippen LogP contribution is 2.36. The predicted molar refractivity (Wildman–Crippen MR) is 95.2 cm³/mol. The van der Waals surface area contributed by atoms with Crippen LogP contribution in [-0.2, 0) is 9.59 Å². The number of carbonyl (C=O) groups is 2. The molecule has 1 spiro atoms. The minimum atomic E-state index is -0.0931. The Hall–Kier alpha value is -1.40. The van der Waals surface area contributed by atoms with Crippen LogP contribution in [0.4, 0.5) is 5.69 Å². The van der Waals surface area contributed by atoms with Gasteiger partial charge in [-0.2, -0.15) is 11.3 Å². The Bertz CT molecular complexity index is 626. The molecular weight excluding hydrogens is 322 g/mol. The van der Waals surface area contributed by atoms with E-state index < -0.39 is 0 Å². The lowest BCUT2D eigenvalue weighted by atomic mass is 9.92. The molecule has 0 N–H and O–H groups in total. The molecule has 0 bridgehead atoms. The second-order valence-electron chi connectivity index (χ2n) is 7.53. The lowest BCUT2D eigenvalue weighted by Crippen LogP contribution is -2.64. The molecule has 3 fully saturated rings. The minimum absolute atomic E-state index is 0.0931. The van der Waals surface area contributed by atoms with Gasteiger partial charge in [-0.3, -0.25) is 14.5 Å². The minimum Gasteiger partial charge on any atom is -0.340 e. The molecule has 1 aromatic heterocycles. The molecule has 1 atom stereocenters. The second kappa shape index (κ2) is 6.15. The average molecular weight is 347 g/mol. The number of rotatable bonds is 2. The first kappa shape index (κ1) is 16.1. The van der Waals surface area contributed by atoms with E-state index in [2.05, 4.69) is 9.80 Å². The molecule has 24 heavy (non-hydrogen) atoms.